The summed E-state index contributed by atoms with van der Waals surface area (Å²) in [4.78, 5) is 0.141. The van der Waals surface area contributed by atoms with Gasteiger partial charge in [-0.2, -0.15) is 0 Å². The van der Waals surface area contributed by atoms with Gasteiger partial charge in [-0.25, -0.2) is 0 Å². The quantitative estimate of drug-likeness (QED) is 0.281. The summed E-state index contributed by atoms with van der Waals surface area (Å²) in [6.45, 7) is 10.3. The van der Waals surface area contributed by atoms with Crippen molar-refractivity contribution in [3.63, 3.8) is 0 Å². The van der Waals surface area contributed by atoms with E-state index in [1.807, 2.05) is 20.8 Å². The molecule has 5 nitrogen and oxygen atoms in total. The first-order valence-electron chi connectivity index (χ1n) is 4.87. The first-order valence-corrected chi connectivity index (χ1v) is 4.87. The van der Waals surface area contributed by atoms with Crippen molar-refractivity contribution >= 4 is 0 Å². The van der Waals surface area contributed by atoms with Crippen LogP contribution in [0.5, 0.6) is 0 Å². The summed E-state index contributed by atoms with van der Waals surface area (Å²) in [5, 5.41) is 25.1. The Hall–Kier alpha value is 0. The predicted octanol–water partition coefficient (Wildman–Crippen LogP) is -0.488. The minimum absolute atomic E-state index is 0. The summed E-state index contributed by atoms with van der Waals surface area (Å²) in [6.07, 6.45) is 0.867. The molecule has 6 heteroatoms. The van der Waals surface area contributed by atoms with Crippen molar-refractivity contribution < 1.29 is 34.5 Å². The molecule has 0 unspecified atom stereocenters. The molecule has 0 aromatic heterocycles. The van der Waals surface area contributed by atoms with Crippen LogP contribution in [0.25, 0.3) is 0 Å². The van der Waals surface area contributed by atoms with Crippen LogP contribution in [0.4, 0.5) is 0 Å². The van der Waals surface area contributed by atoms with Gasteiger partial charge in [-0.05, 0) is 38.4 Å². The number of hydrogen-bond donors (Lipinski definition) is 0. The molecule has 0 heterocycles. The molecule has 84 valence electrons. The first kappa shape index (κ1) is 17.4. The van der Waals surface area contributed by atoms with Crippen LogP contribution in [0.15, 0.2) is 5.28 Å². The second-order valence-electron chi connectivity index (χ2n) is 4.81. The second-order valence-corrected chi connectivity index (χ2v) is 4.81. The standard InChI is InChI=1S/C9H21N3O2.Na/c1-8(2)6-7-11(9(3,4)5)12(14)10-13;/h8,13H,6-7H2,1-5H3;/q;+1/p-1/b12-10-;. The maximum atomic E-state index is 11.1. The summed E-state index contributed by atoms with van der Waals surface area (Å²) < 4.78 is 0. The van der Waals surface area contributed by atoms with Crippen molar-refractivity contribution in [2.24, 2.45) is 11.2 Å². The molecule has 0 aliphatic rings. The van der Waals surface area contributed by atoms with Crippen LogP contribution >= 0.6 is 0 Å². The molecule has 0 aromatic rings. The Morgan fingerprint density at radius 2 is 1.80 bits per heavy atom. The van der Waals surface area contributed by atoms with Gasteiger partial charge in [0.2, 0.25) is 0 Å². The third kappa shape index (κ3) is 6.98. The summed E-state index contributed by atoms with van der Waals surface area (Å²) in [6, 6.07) is 0. The summed E-state index contributed by atoms with van der Waals surface area (Å²) in [5.41, 5.74) is -0.370. The second kappa shape index (κ2) is 7.30. The van der Waals surface area contributed by atoms with Gasteiger partial charge in [0.15, 0.2) is 0 Å². The molecule has 0 spiro atoms. The molecule has 0 saturated carbocycles. The zero-order valence-corrected chi connectivity index (χ0v) is 12.6. The third-order valence-electron chi connectivity index (χ3n) is 1.97. The van der Waals surface area contributed by atoms with E-state index in [9.17, 15) is 10.4 Å². The maximum Gasteiger partial charge on any atom is 1.00 e. The van der Waals surface area contributed by atoms with E-state index in [0.717, 1.165) is 6.42 Å². The monoisotopic (exact) mass is 225 g/mol. The fraction of sp³-hybridized carbons (Fsp3) is 1.00. The molecule has 15 heavy (non-hydrogen) atoms. The van der Waals surface area contributed by atoms with E-state index >= 15 is 0 Å². The van der Waals surface area contributed by atoms with Gasteiger partial charge in [0.05, 0.1) is 12.1 Å². The molecule has 0 N–H and O–H groups in total. The number of hydrogen-bond acceptors (Lipinski definition) is 3. The first-order chi connectivity index (χ1) is 6.29. The van der Waals surface area contributed by atoms with Crippen molar-refractivity contribution in [3.8, 4) is 0 Å². The van der Waals surface area contributed by atoms with Gasteiger partial charge in [-0.3, -0.25) is 0 Å². The molecule has 0 aliphatic heterocycles. The Bertz CT molecular complexity index is 202. The Balaban J connectivity index is 0. The number of rotatable bonds is 4. The summed E-state index contributed by atoms with van der Waals surface area (Å²) >= 11 is 0. The fourth-order valence-electron chi connectivity index (χ4n) is 1.10. The smallest absolute Gasteiger partial charge is 0.737 e. The van der Waals surface area contributed by atoms with Gasteiger partial charge >= 0.3 is 29.6 Å². The normalized spacial score (nSPS) is 12.5. The van der Waals surface area contributed by atoms with Gasteiger partial charge in [0.25, 0.3) is 0 Å². The van der Waals surface area contributed by atoms with E-state index in [1.165, 1.54) is 5.01 Å². The Labute approximate surface area is 114 Å². The van der Waals surface area contributed by atoms with Crippen LogP contribution in [-0.4, -0.2) is 22.1 Å². The molecule has 0 atom stereocenters. The molecule has 0 radical (unpaired) electrons. The van der Waals surface area contributed by atoms with Crippen LogP contribution in [0.3, 0.4) is 0 Å². The summed E-state index contributed by atoms with van der Waals surface area (Å²) in [7, 11) is 0. The van der Waals surface area contributed by atoms with E-state index in [0.29, 0.717) is 12.5 Å². The van der Waals surface area contributed by atoms with Crippen molar-refractivity contribution in [2.45, 2.75) is 46.6 Å². The molecule has 0 rings (SSSR count). The van der Waals surface area contributed by atoms with Gasteiger partial charge in [0, 0.05) is 4.97 Å². The zero-order chi connectivity index (χ0) is 11.4. The zero-order valence-electron chi connectivity index (χ0n) is 10.6. The van der Waals surface area contributed by atoms with Crippen LogP contribution in [0, 0.1) is 16.3 Å². The molecule has 0 fully saturated rings. The average Bonchev–Trinajstić information content (AvgIpc) is 2.01. The fourth-order valence-corrected chi connectivity index (χ4v) is 1.10. The van der Waals surface area contributed by atoms with Crippen LogP contribution in [0.2, 0.25) is 0 Å². The molecule has 0 aliphatic carbocycles. The predicted molar refractivity (Wildman–Crippen MR) is 55.3 cm³/mol. The van der Waals surface area contributed by atoms with E-state index in [4.69, 9.17) is 0 Å². The van der Waals surface area contributed by atoms with E-state index in [-0.39, 0.29) is 40.1 Å². The molecule has 0 aromatic carbocycles. The number of hydrazine groups is 1. The van der Waals surface area contributed by atoms with Crippen molar-refractivity contribution in [3.05, 3.63) is 10.4 Å². The molecular formula is C9H20N3NaO2. The minimum atomic E-state index is -0.370. The van der Waals surface area contributed by atoms with Crippen molar-refractivity contribution in [1.29, 1.82) is 0 Å². The molecule has 0 amide bonds. The van der Waals surface area contributed by atoms with Crippen LogP contribution in [0.1, 0.15) is 41.0 Å². The van der Waals surface area contributed by atoms with Crippen molar-refractivity contribution in [1.82, 2.24) is 5.01 Å². The SMILES string of the molecule is CC(C)CCN(/[N+]([O-])=N/[O-])C(C)(C)C.[Na+]. The molecule has 0 bridgehead atoms. The van der Waals surface area contributed by atoms with E-state index < -0.39 is 0 Å². The van der Waals surface area contributed by atoms with Crippen LogP contribution in [-0.2, 0) is 0 Å². The summed E-state index contributed by atoms with van der Waals surface area (Å²) in [5.74, 6) is 0.500. The molecular weight excluding hydrogens is 205 g/mol. The Morgan fingerprint density at radius 3 is 2.07 bits per heavy atom. The van der Waals surface area contributed by atoms with Gasteiger partial charge in [-0.15, -0.1) is 5.01 Å². The Morgan fingerprint density at radius 1 is 1.33 bits per heavy atom. The third-order valence-corrected chi connectivity index (χ3v) is 1.97. The average molecular weight is 225 g/mol. The van der Waals surface area contributed by atoms with E-state index in [2.05, 4.69) is 19.1 Å². The largest absolute Gasteiger partial charge is 1.00 e. The van der Waals surface area contributed by atoms with Gasteiger partial charge < -0.3 is 10.4 Å². The van der Waals surface area contributed by atoms with Gasteiger partial charge in [0.1, 0.15) is 0 Å². The van der Waals surface area contributed by atoms with Gasteiger partial charge in [-0.1, -0.05) is 13.8 Å². The maximum absolute atomic E-state index is 11.1. The van der Waals surface area contributed by atoms with E-state index in [1.54, 1.807) is 0 Å². The van der Waals surface area contributed by atoms with Crippen LogP contribution < -0.4 is 29.6 Å². The topological polar surface area (TPSA) is 64.7 Å². The number of nitrogens with zero attached hydrogens (tertiary/aromatic N) is 3. The minimum Gasteiger partial charge on any atom is -0.737 e. The Kier molecular flexibility index (Phi) is 8.47. The van der Waals surface area contributed by atoms with Crippen molar-refractivity contribution in [2.75, 3.05) is 6.54 Å². The molecule has 0 saturated heterocycles.